The number of fused-ring (bicyclic) bond motifs is 3. The Balaban J connectivity index is 1.42. The second-order valence-corrected chi connectivity index (χ2v) is 11.0. The molecule has 0 aromatic heterocycles. The van der Waals surface area contributed by atoms with E-state index in [1.807, 2.05) is 25.1 Å². The number of nitrogens with one attached hydrogen (secondary N) is 2. The Morgan fingerprint density at radius 3 is 2.47 bits per heavy atom. The molecule has 2 N–H and O–H groups in total. The first-order valence-electron chi connectivity index (χ1n) is 12.2. The summed E-state index contributed by atoms with van der Waals surface area (Å²) in [7, 11) is -3.90. The van der Waals surface area contributed by atoms with Crippen LogP contribution in [0.5, 0.6) is 0 Å². The van der Waals surface area contributed by atoms with E-state index in [0.717, 1.165) is 18.4 Å². The predicted molar refractivity (Wildman–Crippen MR) is 137 cm³/mol. The van der Waals surface area contributed by atoms with Crippen LogP contribution in [0.15, 0.2) is 65.6 Å². The molecule has 2 saturated heterocycles. The van der Waals surface area contributed by atoms with Crippen LogP contribution in [-0.4, -0.2) is 50.1 Å². The summed E-state index contributed by atoms with van der Waals surface area (Å²) >= 11 is 0. The molecule has 0 aliphatic carbocycles. The van der Waals surface area contributed by atoms with Gasteiger partial charge in [-0.1, -0.05) is 42.5 Å². The smallest absolute Gasteiger partial charge is 0.410 e. The lowest BCUT2D eigenvalue weighted by Gasteiger charge is -2.24. The van der Waals surface area contributed by atoms with Crippen molar-refractivity contribution in [1.29, 1.82) is 0 Å². The maximum Gasteiger partial charge on any atom is 0.410 e. The van der Waals surface area contributed by atoms with E-state index in [1.165, 1.54) is 6.07 Å². The molecule has 2 aliphatic heterocycles. The summed E-state index contributed by atoms with van der Waals surface area (Å²) in [5.74, 6) is -0.256. The minimum Gasteiger partial charge on any atom is -0.450 e. The van der Waals surface area contributed by atoms with E-state index >= 15 is 0 Å². The molecule has 3 atom stereocenters. The van der Waals surface area contributed by atoms with Gasteiger partial charge in [0, 0.05) is 34.1 Å². The van der Waals surface area contributed by atoms with Crippen LogP contribution >= 0.6 is 0 Å². The lowest BCUT2D eigenvalue weighted by Crippen LogP contribution is -2.45. The number of hydrogen-bond donors (Lipinski definition) is 2. The van der Waals surface area contributed by atoms with Crippen LogP contribution in [0.3, 0.4) is 0 Å². The third-order valence-electron chi connectivity index (χ3n) is 7.13. The second-order valence-electron chi connectivity index (χ2n) is 9.29. The molecule has 5 rings (SSSR count). The van der Waals surface area contributed by atoms with Crippen molar-refractivity contribution in [2.24, 2.45) is 0 Å². The van der Waals surface area contributed by atoms with Crippen LogP contribution < -0.4 is 10.0 Å². The van der Waals surface area contributed by atoms with Gasteiger partial charge in [-0.15, -0.1) is 0 Å². The maximum atomic E-state index is 13.5. The highest BCUT2D eigenvalue weighted by Gasteiger charge is 2.50. The molecule has 2 heterocycles. The number of ether oxygens (including phenoxy) is 1. The van der Waals surface area contributed by atoms with Gasteiger partial charge in [0.05, 0.1) is 17.5 Å². The Labute approximate surface area is 210 Å². The van der Waals surface area contributed by atoms with Gasteiger partial charge in [-0.2, -0.15) is 0 Å². The highest BCUT2D eigenvalue weighted by molar-refractivity contribution is 7.89. The van der Waals surface area contributed by atoms with Crippen molar-refractivity contribution in [2.45, 2.75) is 56.1 Å². The lowest BCUT2D eigenvalue weighted by atomic mass is 9.96. The van der Waals surface area contributed by atoms with Gasteiger partial charge in [-0.25, -0.2) is 17.9 Å². The number of aryl methyl sites for hydroxylation is 1. The highest BCUT2D eigenvalue weighted by Crippen LogP contribution is 2.39. The Morgan fingerprint density at radius 2 is 1.72 bits per heavy atom. The molecule has 0 spiro atoms. The van der Waals surface area contributed by atoms with Gasteiger partial charge in [0.25, 0.3) is 5.91 Å². The van der Waals surface area contributed by atoms with Crippen LogP contribution in [0.25, 0.3) is 10.8 Å². The summed E-state index contributed by atoms with van der Waals surface area (Å²) in [6.07, 6.45) is 1.76. The maximum absolute atomic E-state index is 13.5. The van der Waals surface area contributed by atoms with Crippen molar-refractivity contribution in [3.8, 4) is 0 Å². The van der Waals surface area contributed by atoms with Crippen molar-refractivity contribution in [3.63, 3.8) is 0 Å². The molecule has 3 aromatic rings. The fourth-order valence-corrected chi connectivity index (χ4v) is 6.99. The fourth-order valence-electron chi connectivity index (χ4n) is 5.49. The van der Waals surface area contributed by atoms with E-state index in [2.05, 4.69) is 10.0 Å². The molecule has 0 radical (unpaired) electrons. The topological polar surface area (TPSA) is 105 Å². The predicted octanol–water partition coefficient (Wildman–Crippen LogP) is 4.44. The summed E-state index contributed by atoms with van der Waals surface area (Å²) in [6, 6.07) is 16.9. The van der Waals surface area contributed by atoms with Gasteiger partial charge >= 0.3 is 6.09 Å². The molecule has 8 nitrogen and oxygen atoms in total. The number of anilines is 1. The number of hydrogen-bond acceptors (Lipinski definition) is 5. The zero-order valence-corrected chi connectivity index (χ0v) is 21.0. The van der Waals surface area contributed by atoms with Crippen LogP contribution in [0.2, 0.25) is 0 Å². The minimum absolute atomic E-state index is 0.0162. The van der Waals surface area contributed by atoms with E-state index in [9.17, 15) is 18.0 Å². The van der Waals surface area contributed by atoms with E-state index in [1.54, 1.807) is 48.2 Å². The number of carbonyl (C=O) groups is 2. The summed E-state index contributed by atoms with van der Waals surface area (Å²) in [5.41, 5.74) is 1.94. The second kappa shape index (κ2) is 9.55. The third-order valence-corrected chi connectivity index (χ3v) is 8.68. The summed E-state index contributed by atoms with van der Waals surface area (Å²) in [5, 5.41) is 4.07. The zero-order valence-electron chi connectivity index (χ0n) is 20.2. The highest BCUT2D eigenvalue weighted by atomic mass is 32.2. The number of rotatable bonds is 6. The minimum atomic E-state index is -3.90. The first-order valence-corrected chi connectivity index (χ1v) is 13.6. The van der Waals surface area contributed by atoms with Crippen molar-refractivity contribution in [3.05, 3.63) is 71.8 Å². The van der Waals surface area contributed by atoms with Gasteiger partial charge in [0.1, 0.15) is 0 Å². The fraction of sp³-hybridized carbons (Fsp3) is 0.333. The monoisotopic (exact) mass is 507 g/mol. The normalized spacial score (nSPS) is 21.1. The molecule has 9 heteroatoms. The van der Waals surface area contributed by atoms with Gasteiger partial charge in [-0.05, 0) is 56.9 Å². The number of sulfonamides is 1. The van der Waals surface area contributed by atoms with Crippen LogP contribution in [0, 0.1) is 6.92 Å². The van der Waals surface area contributed by atoms with E-state index in [4.69, 9.17) is 4.74 Å². The Kier molecular flexibility index (Phi) is 6.44. The quantitative estimate of drug-likeness (QED) is 0.513. The van der Waals surface area contributed by atoms with Crippen LogP contribution in [0.4, 0.5) is 10.5 Å². The number of carbonyl (C=O) groups excluding carboxylic acids is 2. The summed E-state index contributed by atoms with van der Waals surface area (Å²) < 4.78 is 35.1. The molecule has 3 aromatic carbocycles. The van der Waals surface area contributed by atoms with Crippen molar-refractivity contribution in [1.82, 2.24) is 9.62 Å². The van der Waals surface area contributed by atoms with Gasteiger partial charge in [-0.3, -0.25) is 4.79 Å². The lowest BCUT2D eigenvalue weighted by molar-refractivity contribution is 0.100. The summed E-state index contributed by atoms with van der Waals surface area (Å²) in [4.78, 5) is 27.1. The average molecular weight is 508 g/mol. The Bertz CT molecular complexity index is 1440. The van der Waals surface area contributed by atoms with Crippen molar-refractivity contribution < 1.29 is 22.7 Å². The first-order chi connectivity index (χ1) is 17.3. The van der Waals surface area contributed by atoms with E-state index < -0.39 is 10.0 Å². The third kappa shape index (κ3) is 4.33. The first kappa shape index (κ1) is 24.3. The molecule has 188 valence electrons. The molecule has 2 fully saturated rings. The zero-order chi connectivity index (χ0) is 25.4. The molecule has 36 heavy (non-hydrogen) atoms. The number of amides is 2. The summed E-state index contributed by atoms with van der Waals surface area (Å²) in [6.45, 7) is 3.91. The van der Waals surface area contributed by atoms with E-state index in [-0.39, 0.29) is 41.6 Å². The van der Waals surface area contributed by atoms with Crippen LogP contribution in [0.1, 0.15) is 42.1 Å². The number of nitrogens with zero attached hydrogens (tertiary/aromatic N) is 1. The van der Waals surface area contributed by atoms with Crippen molar-refractivity contribution >= 4 is 38.5 Å². The molecule has 0 saturated carbocycles. The van der Waals surface area contributed by atoms with Gasteiger partial charge in [0.15, 0.2) is 0 Å². The molecule has 3 unspecified atom stereocenters. The number of benzene rings is 3. The van der Waals surface area contributed by atoms with Gasteiger partial charge in [0.2, 0.25) is 10.0 Å². The van der Waals surface area contributed by atoms with Crippen molar-refractivity contribution in [2.75, 3.05) is 11.9 Å². The average Bonchev–Trinajstić information content (AvgIpc) is 3.42. The molecular weight excluding hydrogens is 478 g/mol. The SMILES string of the molecule is CCOC(=O)N1C2CCC1C(NS(=O)(=O)c1ccc(NC(=O)c3ccccc3C)c3ccccc13)C2. The molecular formula is C27H29N3O5S. The molecule has 2 amide bonds. The van der Waals surface area contributed by atoms with Crippen LogP contribution in [-0.2, 0) is 14.8 Å². The largest absolute Gasteiger partial charge is 0.450 e. The standard InChI is InChI=1S/C27H29N3O5S/c1-3-35-27(32)30-18-12-14-24(30)23(16-18)29-36(33,34)25-15-13-22(20-10-6-7-11-21(20)25)28-26(31)19-9-5-4-8-17(19)2/h4-11,13,15,18,23-24,29H,3,12,14,16H2,1-2H3,(H,28,31). The Morgan fingerprint density at radius 1 is 1.00 bits per heavy atom. The van der Waals surface area contributed by atoms with E-state index in [0.29, 0.717) is 28.4 Å². The molecule has 2 aliphatic rings. The Hall–Kier alpha value is -3.43. The molecule has 2 bridgehead atoms. The van der Waals surface area contributed by atoms with Gasteiger partial charge < -0.3 is 15.0 Å².